The molecule has 0 unspecified atom stereocenters. The highest BCUT2D eigenvalue weighted by Gasteiger charge is 2.13. The third kappa shape index (κ3) is 3.80. The number of anilines is 2. The van der Waals surface area contributed by atoms with E-state index in [0.29, 0.717) is 41.8 Å². The zero-order chi connectivity index (χ0) is 19.5. The summed E-state index contributed by atoms with van der Waals surface area (Å²) in [5.74, 6) is 1.35. The van der Waals surface area contributed by atoms with E-state index in [-0.39, 0.29) is 11.8 Å². The number of imidazole rings is 1. The van der Waals surface area contributed by atoms with Crippen LogP contribution in [-0.4, -0.2) is 34.6 Å². The summed E-state index contributed by atoms with van der Waals surface area (Å²) >= 11 is 0. The van der Waals surface area contributed by atoms with Crippen molar-refractivity contribution in [3.8, 4) is 17.2 Å². The molecule has 1 aliphatic rings. The predicted octanol–water partition coefficient (Wildman–Crippen LogP) is 2.85. The fourth-order valence-corrected chi connectivity index (χ4v) is 2.82. The fraction of sp³-hybridized carbons (Fsp3) is 0.150. The van der Waals surface area contributed by atoms with E-state index in [1.54, 1.807) is 59.6 Å². The zero-order valence-electron chi connectivity index (χ0n) is 15.1. The largest absolute Gasteiger partial charge is 0.486 e. The fourth-order valence-electron chi connectivity index (χ4n) is 2.82. The second-order valence-electron chi connectivity index (χ2n) is 6.21. The molecule has 0 fully saturated rings. The first-order chi connectivity index (χ1) is 13.6. The van der Waals surface area contributed by atoms with E-state index in [9.17, 15) is 9.59 Å². The van der Waals surface area contributed by atoms with Crippen LogP contribution in [-0.2, 0) is 4.79 Å². The van der Waals surface area contributed by atoms with Crippen LogP contribution < -0.4 is 20.1 Å². The van der Waals surface area contributed by atoms with Crippen LogP contribution in [0.25, 0.3) is 5.69 Å². The lowest BCUT2D eigenvalue weighted by atomic mass is 10.2. The van der Waals surface area contributed by atoms with E-state index in [1.807, 2.05) is 0 Å². The molecule has 0 radical (unpaired) electrons. The third-order valence-corrected chi connectivity index (χ3v) is 4.11. The quantitative estimate of drug-likeness (QED) is 0.728. The number of hydrogen-bond donors (Lipinski definition) is 2. The molecule has 1 aliphatic heterocycles. The van der Waals surface area contributed by atoms with E-state index in [4.69, 9.17) is 9.47 Å². The van der Waals surface area contributed by atoms with E-state index in [2.05, 4.69) is 15.6 Å². The van der Waals surface area contributed by atoms with Gasteiger partial charge in [-0.05, 0) is 36.4 Å². The Kier molecular flexibility index (Phi) is 4.67. The third-order valence-electron chi connectivity index (χ3n) is 4.11. The molecule has 0 aliphatic carbocycles. The lowest BCUT2D eigenvalue weighted by Crippen LogP contribution is -2.16. The van der Waals surface area contributed by atoms with Crippen molar-refractivity contribution in [1.82, 2.24) is 9.55 Å². The first kappa shape index (κ1) is 17.6. The van der Waals surface area contributed by atoms with Gasteiger partial charge in [0.25, 0.3) is 5.91 Å². The molecule has 8 heteroatoms. The van der Waals surface area contributed by atoms with Gasteiger partial charge in [0.15, 0.2) is 17.3 Å². The van der Waals surface area contributed by atoms with Crippen molar-refractivity contribution in [2.45, 2.75) is 6.92 Å². The number of nitrogens with one attached hydrogen (secondary N) is 2. The Morgan fingerprint density at radius 2 is 1.75 bits per heavy atom. The summed E-state index contributed by atoms with van der Waals surface area (Å²) in [5, 5.41) is 5.47. The standard InChI is InChI=1S/C20H18N4O4/c1-13(25)22-19-11-24(12-21-19)16-5-2-14(3-6-16)20(26)23-15-4-7-17-18(10-15)28-9-8-27-17/h2-7,10-12H,8-9H2,1H3,(H,22,25)(H,23,26). The summed E-state index contributed by atoms with van der Waals surface area (Å²) in [6.45, 7) is 2.44. The number of hydrogen-bond acceptors (Lipinski definition) is 5. The summed E-state index contributed by atoms with van der Waals surface area (Å²) < 4.78 is 12.8. The van der Waals surface area contributed by atoms with Crippen molar-refractivity contribution in [1.29, 1.82) is 0 Å². The lowest BCUT2D eigenvalue weighted by molar-refractivity contribution is -0.114. The number of ether oxygens (including phenoxy) is 2. The SMILES string of the molecule is CC(=O)Nc1cn(-c2ccc(C(=O)Nc3ccc4c(c3)OCCO4)cc2)cn1. The van der Waals surface area contributed by atoms with Crippen molar-refractivity contribution >= 4 is 23.3 Å². The highest BCUT2D eigenvalue weighted by molar-refractivity contribution is 6.04. The van der Waals surface area contributed by atoms with E-state index in [0.717, 1.165) is 5.69 Å². The average Bonchev–Trinajstić information content (AvgIpc) is 3.16. The summed E-state index contributed by atoms with van der Waals surface area (Å²) in [6, 6.07) is 12.3. The molecule has 0 atom stereocenters. The van der Waals surface area contributed by atoms with Gasteiger partial charge in [-0.2, -0.15) is 0 Å². The van der Waals surface area contributed by atoms with Gasteiger partial charge >= 0.3 is 0 Å². The maximum atomic E-state index is 12.5. The zero-order valence-corrected chi connectivity index (χ0v) is 15.1. The molecule has 0 spiro atoms. The number of aromatic nitrogens is 2. The minimum absolute atomic E-state index is 0.184. The summed E-state index contributed by atoms with van der Waals surface area (Å²) in [6.07, 6.45) is 3.29. The molecule has 2 N–H and O–H groups in total. The van der Waals surface area contributed by atoms with Gasteiger partial charge in [0.05, 0.1) is 6.20 Å². The van der Waals surface area contributed by atoms with Gasteiger partial charge in [-0.1, -0.05) is 0 Å². The Morgan fingerprint density at radius 1 is 1.00 bits per heavy atom. The van der Waals surface area contributed by atoms with Crippen molar-refractivity contribution in [3.63, 3.8) is 0 Å². The Bertz CT molecular complexity index is 1030. The number of fused-ring (bicyclic) bond motifs is 1. The second-order valence-corrected chi connectivity index (χ2v) is 6.21. The van der Waals surface area contributed by atoms with Gasteiger partial charge in [-0.25, -0.2) is 4.98 Å². The van der Waals surface area contributed by atoms with Gasteiger partial charge in [0.2, 0.25) is 5.91 Å². The van der Waals surface area contributed by atoms with Gasteiger partial charge in [-0.15, -0.1) is 0 Å². The summed E-state index contributed by atoms with van der Waals surface area (Å²) in [7, 11) is 0. The second kappa shape index (κ2) is 7.43. The Labute approximate surface area is 161 Å². The molecule has 4 rings (SSSR count). The first-order valence-corrected chi connectivity index (χ1v) is 8.71. The maximum absolute atomic E-state index is 12.5. The number of carbonyl (C=O) groups excluding carboxylic acids is 2. The van der Waals surface area contributed by atoms with E-state index < -0.39 is 0 Å². The molecule has 2 aromatic carbocycles. The molecule has 0 bridgehead atoms. The van der Waals surface area contributed by atoms with Gasteiger partial charge in [0, 0.05) is 29.9 Å². The summed E-state index contributed by atoms with van der Waals surface area (Å²) in [4.78, 5) is 27.7. The first-order valence-electron chi connectivity index (χ1n) is 8.71. The number of nitrogens with zero attached hydrogens (tertiary/aromatic N) is 2. The van der Waals surface area contributed by atoms with Crippen LogP contribution in [0.2, 0.25) is 0 Å². The van der Waals surface area contributed by atoms with Crippen LogP contribution >= 0.6 is 0 Å². The van der Waals surface area contributed by atoms with Crippen LogP contribution in [0, 0.1) is 0 Å². The van der Waals surface area contributed by atoms with Crippen LogP contribution in [0.5, 0.6) is 11.5 Å². The van der Waals surface area contributed by atoms with Gasteiger partial charge in [-0.3, -0.25) is 9.59 Å². The van der Waals surface area contributed by atoms with Crippen molar-refractivity contribution < 1.29 is 19.1 Å². The highest BCUT2D eigenvalue weighted by atomic mass is 16.6. The topological polar surface area (TPSA) is 94.5 Å². The van der Waals surface area contributed by atoms with E-state index in [1.165, 1.54) is 6.92 Å². The van der Waals surface area contributed by atoms with Crippen LogP contribution in [0.15, 0.2) is 55.0 Å². The summed E-state index contributed by atoms with van der Waals surface area (Å²) in [5.41, 5.74) is 1.97. The minimum Gasteiger partial charge on any atom is -0.486 e. The molecule has 0 saturated heterocycles. The number of benzene rings is 2. The molecule has 2 amide bonds. The monoisotopic (exact) mass is 378 g/mol. The molecule has 0 saturated carbocycles. The normalized spacial score (nSPS) is 12.3. The molecule has 142 valence electrons. The predicted molar refractivity (Wildman–Crippen MR) is 103 cm³/mol. The maximum Gasteiger partial charge on any atom is 0.255 e. The molecule has 3 aromatic rings. The number of amides is 2. The highest BCUT2D eigenvalue weighted by Crippen LogP contribution is 2.32. The van der Waals surface area contributed by atoms with Crippen LogP contribution in [0.1, 0.15) is 17.3 Å². The minimum atomic E-state index is -0.229. The Balaban J connectivity index is 1.45. The van der Waals surface area contributed by atoms with E-state index >= 15 is 0 Å². The molecule has 1 aromatic heterocycles. The molecular weight excluding hydrogens is 360 g/mol. The molecule has 28 heavy (non-hydrogen) atoms. The number of rotatable bonds is 4. The molecule has 2 heterocycles. The molecular formula is C20H18N4O4. The Morgan fingerprint density at radius 3 is 2.50 bits per heavy atom. The average molecular weight is 378 g/mol. The van der Waals surface area contributed by atoms with Gasteiger partial charge < -0.3 is 24.7 Å². The van der Waals surface area contributed by atoms with Crippen molar-refractivity contribution in [2.75, 3.05) is 23.8 Å². The van der Waals surface area contributed by atoms with Crippen molar-refractivity contribution in [3.05, 3.63) is 60.6 Å². The van der Waals surface area contributed by atoms with Crippen LogP contribution in [0.3, 0.4) is 0 Å². The smallest absolute Gasteiger partial charge is 0.255 e. The lowest BCUT2D eigenvalue weighted by Gasteiger charge is -2.19. The van der Waals surface area contributed by atoms with Gasteiger partial charge in [0.1, 0.15) is 19.5 Å². The van der Waals surface area contributed by atoms with Crippen molar-refractivity contribution in [2.24, 2.45) is 0 Å². The van der Waals surface area contributed by atoms with Crippen LogP contribution in [0.4, 0.5) is 11.5 Å². The molecule has 8 nitrogen and oxygen atoms in total. The Hall–Kier alpha value is -3.81. The number of carbonyl (C=O) groups is 2.